The zero-order valence-electron chi connectivity index (χ0n) is 14.4. The van der Waals surface area contributed by atoms with E-state index in [9.17, 15) is 14.4 Å². The Morgan fingerprint density at radius 1 is 1.12 bits per heavy atom. The van der Waals surface area contributed by atoms with Crippen molar-refractivity contribution in [3.8, 4) is 0 Å². The van der Waals surface area contributed by atoms with Gasteiger partial charge in [-0.2, -0.15) is 0 Å². The SMILES string of the molecule is COC(=O)c1cccc(NC(=O)C(C)(C)C(=O)Nc2cc(C)on2)c1. The molecule has 0 fully saturated rings. The molecule has 2 rings (SSSR count). The highest BCUT2D eigenvalue weighted by atomic mass is 16.5. The van der Waals surface area contributed by atoms with Gasteiger partial charge in [-0.05, 0) is 39.0 Å². The van der Waals surface area contributed by atoms with E-state index in [-0.39, 0.29) is 5.82 Å². The maximum Gasteiger partial charge on any atom is 0.337 e. The number of aromatic nitrogens is 1. The summed E-state index contributed by atoms with van der Waals surface area (Å²) in [7, 11) is 1.27. The lowest BCUT2D eigenvalue weighted by Gasteiger charge is -2.22. The van der Waals surface area contributed by atoms with Crippen LogP contribution in [0.1, 0.15) is 30.0 Å². The number of nitrogens with zero attached hydrogens (tertiary/aromatic N) is 1. The van der Waals surface area contributed by atoms with Crippen LogP contribution >= 0.6 is 0 Å². The third kappa shape index (κ3) is 4.23. The Kier molecular flexibility index (Phi) is 5.21. The number of rotatable bonds is 5. The van der Waals surface area contributed by atoms with Gasteiger partial charge in [0, 0.05) is 11.8 Å². The summed E-state index contributed by atoms with van der Waals surface area (Å²) in [6, 6.07) is 7.79. The number of aryl methyl sites for hydroxylation is 1. The first-order valence-electron chi connectivity index (χ1n) is 7.48. The molecule has 1 aromatic carbocycles. The molecule has 0 saturated heterocycles. The minimum absolute atomic E-state index is 0.232. The molecule has 2 aromatic rings. The Bertz CT molecular complexity index is 810. The predicted octanol–water partition coefficient (Wildman–Crippen LogP) is 2.37. The molecule has 0 radical (unpaired) electrons. The number of hydrogen-bond donors (Lipinski definition) is 2. The van der Waals surface area contributed by atoms with E-state index in [0.717, 1.165) is 0 Å². The van der Waals surface area contributed by atoms with Crippen LogP contribution in [0, 0.1) is 12.3 Å². The first-order chi connectivity index (χ1) is 11.7. The first kappa shape index (κ1) is 18.2. The van der Waals surface area contributed by atoms with Crippen molar-refractivity contribution in [3.63, 3.8) is 0 Å². The second-order valence-corrected chi connectivity index (χ2v) is 5.93. The number of esters is 1. The van der Waals surface area contributed by atoms with Gasteiger partial charge in [-0.1, -0.05) is 11.2 Å². The molecule has 0 atom stereocenters. The standard InChI is InChI=1S/C17H19N3O5/c1-10-8-13(20-25-10)19-16(23)17(2,3)15(22)18-12-7-5-6-11(9-12)14(21)24-4/h5-9H,1-4H3,(H,18,22)(H,19,20,23). The number of methoxy groups -OCH3 is 1. The fourth-order valence-electron chi connectivity index (χ4n) is 1.93. The summed E-state index contributed by atoms with van der Waals surface area (Å²) in [5.41, 5.74) is -0.708. The summed E-state index contributed by atoms with van der Waals surface area (Å²) in [4.78, 5) is 36.4. The van der Waals surface area contributed by atoms with Gasteiger partial charge in [0.1, 0.15) is 11.2 Å². The highest BCUT2D eigenvalue weighted by Gasteiger charge is 2.36. The quantitative estimate of drug-likeness (QED) is 0.636. The monoisotopic (exact) mass is 345 g/mol. The lowest BCUT2D eigenvalue weighted by Crippen LogP contribution is -2.41. The summed E-state index contributed by atoms with van der Waals surface area (Å²) in [5.74, 6) is -0.822. The Labute approximate surface area is 144 Å². The van der Waals surface area contributed by atoms with Gasteiger partial charge in [-0.3, -0.25) is 9.59 Å². The Balaban J connectivity index is 2.10. The lowest BCUT2D eigenvalue weighted by molar-refractivity contribution is -0.135. The second kappa shape index (κ2) is 7.16. The van der Waals surface area contributed by atoms with Crippen molar-refractivity contribution >= 4 is 29.3 Å². The van der Waals surface area contributed by atoms with Gasteiger partial charge in [-0.25, -0.2) is 4.79 Å². The van der Waals surface area contributed by atoms with Crippen LogP contribution in [0.2, 0.25) is 0 Å². The molecular weight excluding hydrogens is 326 g/mol. The molecule has 0 unspecified atom stereocenters. The molecule has 25 heavy (non-hydrogen) atoms. The average Bonchev–Trinajstić information content (AvgIpc) is 2.99. The van der Waals surface area contributed by atoms with Crippen molar-refractivity contribution in [1.29, 1.82) is 0 Å². The molecule has 2 N–H and O–H groups in total. The summed E-state index contributed by atoms with van der Waals surface area (Å²) >= 11 is 0. The molecular formula is C17H19N3O5. The highest BCUT2D eigenvalue weighted by molar-refractivity contribution is 6.13. The Hall–Kier alpha value is -3.16. The number of anilines is 2. The molecule has 132 valence electrons. The van der Waals surface area contributed by atoms with E-state index in [0.29, 0.717) is 17.0 Å². The number of amides is 2. The minimum atomic E-state index is -1.38. The summed E-state index contributed by atoms with van der Waals surface area (Å²) in [5, 5.41) is 8.81. The normalized spacial score (nSPS) is 10.9. The minimum Gasteiger partial charge on any atom is -0.465 e. The summed E-state index contributed by atoms with van der Waals surface area (Å²) in [6.45, 7) is 4.65. The molecule has 2 amide bonds. The number of benzene rings is 1. The van der Waals surface area contributed by atoms with Gasteiger partial charge >= 0.3 is 5.97 Å². The molecule has 0 aliphatic rings. The van der Waals surface area contributed by atoms with E-state index in [4.69, 9.17) is 4.52 Å². The van der Waals surface area contributed by atoms with E-state index < -0.39 is 23.2 Å². The van der Waals surface area contributed by atoms with Crippen molar-refractivity contribution < 1.29 is 23.6 Å². The second-order valence-electron chi connectivity index (χ2n) is 5.93. The fraction of sp³-hybridized carbons (Fsp3) is 0.294. The number of ether oxygens (including phenoxy) is 1. The lowest BCUT2D eigenvalue weighted by atomic mass is 9.91. The molecule has 0 spiro atoms. The highest BCUT2D eigenvalue weighted by Crippen LogP contribution is 2.22. The number of carbonyl (C=O) groups excluding carboxylic acids is 3. The van der Waals surface area contributed by atoms with E-state index in [1.165, 1.54) is 27.0 Å². The largest absolute Gasteiger partial charge is 0.465 e. The van der Waals surface area contributed by atoms with Crippen LogP contribution in [0.15, 0.2) is 34.9 Å². The maximum absolute atomic E-state index is 12.5. The first-order valence-corrected chi connectivity index (χ1v) is 7.48. The molecule has 0 aliphatic carbocycles. The molecule has 0 bridgehead atoms. The van der Waals surface area contributed by atoms with Gasteiger partial charge in [0.05, 0.1) is 12.7 Å². The predicted molar refractivity (Wildman–Crippen MR) is 90.1 cm³/mol. The topological polar surface area (TPSA) is 111 Å². The summed E-state index contributed by atoms with van der Waals surface area (Å²) in [6.07, 6.45) is 0. The molecule has 0 saturated carbocycles. The summed E-state index contributed by atoms with van der Waals surface area (Å²) < 4.78 is 9.51. The van der Waals surface area contributed by atoms with Crippen LogP contribution in [0.25, 0.3) is 0 Å². The molecule has 1 heterocycles. The van der Waals surface area contributed by atoms with Crippen LogP contribution < -0.4 is 10.6 Å². The van der Waals surface area contributed by atoms with E-state index in [2.05, 4.69) is 20.5 Å². The van der Waals surface area contributed by atoms with Crippen molar-refractivity contribution in [1.82, 2.24) is 5.16 Å². The molecule has 8 nitrogen and oxygen atoms in total. The Morgan fingerprint density at radius 2 is 1.80 bits per heavy atom. The third-order valence-corrected chi connectivity index (χ3v) is 3.55. The average molecular weight is 345 g/mol. The Morgan fingerprint density at radius 3 is 2.40 bits per heavy atom. The van der Waals surface area contributed by atoms with Crippen LogP contribution in [-0.4, -0.2) is 30.1 Å². The third-order valence-electron chi connectivity index (χ3n) is 3.55. The van der Waals surface area contributed by atoms with Gasteiger partial charge in [0.25, 0.3) is 0 Å². The van der Waals surface area contributed by atoms with Crippen LogP contribution in [-0.2, 0) is 14.3 Å². The van der Waals surface area contributed by atoms with Crippen LogP contribution in [0.5, 0.6) is 0 Å². The van der Waals surface area contributed by atoms with E-state index in [1.54, 1.807) is 31.2 Å². The van der Waals surface area contributed by atoms with Crippen molar-refractivity contribution in [2.75, 3.05) is 17.7 Å². The molecule has 8 heteroatoms. The van der Waals surface area contributed by atoms with Gasteiger partial charge < -0.3 is 19.9 Å². The number of carbonyl (C=O) groups is 3. The van der Waals surface area contributed by atoms with Crippen LogP contribution in [0.3, 0.4) is 0 Å². The van der Waals surface area contributed by atoms with Crippen molar-refractivity contribution in [2.45, 2.75) is 20.8 Å². The number of nitrogens with one attached hydrogen (secondary N) is 2. The zero-order valence-corrected chi connectivity index (χ0v) is 14.4. The van der Waals surface area contributed by atoms with E-state index in [1.807, 2.05) is 0 Å². The zero-order chi connectivity index (χ0) is 18.6. The molecule has 0 aliphatic heterocycles. The molecule has 1 aromatic heterocycles. The maximum atomic E-state index is 12.5. The van der Waals surface area contributed by atoms with Gasteiger partial charge in [0.2, 0.25) is 11.8 Å². The van der Waals surface area contributed by atoms with Gasteiger partial charge in [0.15, 0.2) is 5.82 Å². The van der Waals surface area contributed by atoms with Crippen molar-refractivity contribution in [3.05, 3.63) is 41.7 Å². The number of hydrogen-bond acceptors (Lipinski definition) is 6. The van der Waals surface area contributed by atoms with Gasteiger partial charge in [-0.15, -0.1) is 0 Å². The van der Waals surface area contributed by atoms with E-state index >= 15 is 0 Å². The smallest absolute Gasteiger partial charge is 0.337 e. The fourth-order valence-corrected chi connectivity index (χ4v) is 1.93. The van der Waals surface area contributed by atoms with Crippen molar-refractivity contribution in [2.24, 2.45) is 5.41 Å². The van der Waals surface area contributed by atoms with Crippen LogP contribution in [0.4, 0.5) is 11.5 Å².